The predicted octanol–water partition coefficient (Wildman–Crippen LogP) is 7.26. The summed E-state index contributed by atoms with van der Waals surface area (Å²) in [5.74, 6) is 3.61. The van der Waals surface area contributed by atoms with Crippen molar-refractivity contribution in [3.8, 4) is 0 Å². The largest absolute Gasteiger partial charge is 0.463 e. The first kappa shape index (κ1) is 25.8. The molecule has 0 aromatic heterocycles. The van der Waals surface area contributed by atoms with E-state index >= 15 is 0 Å². The number of carbonyl (C=O) groups excluding carboxylic acids is 2. The van der Waals surface area contributed by atoms with E-state index in [4.69, 9.17) is 9.47 Å². The predicted molar refractivity (Wildman–Crippen MR) is 135 cm³/mol. The van der Waals surface area contributed by atoms with Crippen LogP contribution in [-0.2, 0) is 19.1 Å². The SMILES string of the molecule is CC(C)CC1CC[C@H]2[C@@H]3CC=C4C[C@@H](OC(=O)CCC(=O)OC(C)C)CC[C@]4(C)[C@H]3CC[C@]12C. The highest BCUT2D eigenvalue weighted by Gasteiger charge is 2.58. The second-order valence-electron chi connectivity index (χ2n) is 13.1. The molecule has 1 unspecified atom stereocenters. The summed E-state index contributed by atoms with van der Waals surface area (Å²) >= 11 is 0. The Morgan fingerprint density at radius 1 is 0.971 bits per heavy atom. The third kappa shape index (κ3) is 4.98. The van der Waals surface area contributed by atoms with Crippen molar-refractivity contribution in [1.82, 2.24) is 0 Å². The normalized spacial score (nSPS) is 39.2. The molecule has 0 aromatic rings. The number of fused-ring (bicyclic) bond motifs is 5. The van der Waals surface area contributed by atoms with Gasteiger partial charge in [-0.05, 0) is 106 Å². The molecule has 7 atom stereocenters. The average Bonchev–Trinajstić information content (AvgIpc) is 3.08. The monoisotopic (exact) mass is 472 g/mol. The molecule has 0 spiro atoms. The van der Waals surface area contributed by atoms with Crippen LogP contribution < -0.4 is 0 Å². The van der Waals surface area contributed by atoms with Gasteiger partial charge in [-0.1, -0.05) is 39.3 Å². The van der Waals surface area contributed by atoms with Crippen molar-refractivity contribution in [3.05, 3.63) is 11.6 Å². The maximum Gasteiger partial charge on any atom is 0.306 e. The third-order valence-electron chi connectivity index (χ3n) is 10.2. The first-order valence-electron chi connectivity index (χ1n) is 14.1. The minimum Gasteiger partial charge on any atom is -0.463 e. The highest BCUT2D eigenvalue weighted by atomic mass is 16.5. The molecule has 0 heterocycles. The van der Waals surface area contributed by atoms with E-state index in [9.17, 15) is 9.59 Å². The number of esters is 2. The van der Waals surface area contributed by atoms with E-state index in [1.54, 1.807) is 0 Å². The first-order valence-corrected chi connectivity index (χ1v) is 14.1. The van der Waals surface area contributed by atoms with Crippen LogP contribution >= 0.6 is 0 Å². The van der Waals surface area contributed by atoms with Crippen LogP contribution in [0.3, 0.4) is 0 Å². The molecule has 3 saturated carbocycles. The van der Waals surface area contributed by atoms with Crippen LogP contribution in [0.25, 0.3) is 0 Å². The molecule has 4 nitrogen and oxygen atoms in total. The molecule has 192 valence electrons. The molecule has 0 aromatic carbocycles. The molecule has 0 aliphatic heterocycles. The Kier molecular flexibility index (Phi) is 7.56. The van der Waals surface area contributed by atoms with Crippen LogP contribution in [0.2, 0.25) is 0 Å². The minimum absolute atomic E-state index is 0.0414. The Morgan fingerprint density at radius 2 is 1.71 bits per heavy atom. The van der Waals surface area contributed by atoms with Crippen LogP contribution in [0.1, 0.15) is 112 Å². The van der Waals surface area contributed by atoms with Gasteiger partial charge in [-0.3, -0.25) is 9.59 Å². The van der Waals surface area contributed by atoms with E-state index < -0.39 is 0 Å². The van der Waals surface area contributed by atoms with Crippen molar-refractivity contribution in [3.63, 3.8) is 0 Å². The van der Waals surface area contributed by atoms with Gasteiger partial charge >= 0.3 is 11.9 Å². The van der Waals surface area contributed by atoms with Gasteiger partial charge in [0.05, 0.1) is 18.9 Å². The van der Waals surface area contributed by atoms with Crippen molar-refractivity contribution in [2.75, 3.05) is 0 Å². The van der Waals surface area contributed by atoms with Crippen molar-refractivity contribution in [1.29, 1.82) is 0 Å². The van der Waals surface area contributed by atoms with Crippen molar-refractivity contribution in [2.45, 2.75) is 124 Å². The summed E-state index contributed by atoms with van der Waals surface area (Å²) in [5.41, 5.74) is 2.35. The molecular weight excluding hydrogens is 424 g/mol. The van der Waals surface area contributed by atoms with Crippen LogP contribution in [0.5, 0.6) is 0 Å². The van der Waals surface area contributed by atoms with E-state index in [-0.39, 0.29) is 42.4 Å². The second kappa shape index (κ2) is 9.97. The molecule has 0 radical (unpaired) electrons. The molecule has 4 aliphatic rings. The summed E-state index contributed by atoms with van der Waals surface area (Å²) in [6, 6.07) is 0. The molecule has 4 aliphatic carbocycles. The Labute approximate surface area is 207 Å². The Hall–Kier alpha value is -1.32. The number of carbonyl (C=O) groups is 2. The molecule has 3 fully saturated rings. The van der Waals surface area contributed by atoms with Crippen LogP contribution in [0.15, 0.2) is 11.6 Å². The maximum atomic E-state index is 12.4. The molecule has 4 heteroatoms. The molecule has 0 N–H and O–H groups in total. The molecule has 0 saturated heterocycles. The Balaban J connectivity index is 1.37. The van der Waals surface area contributed by atoms with Crippen LogP contribution in [0.4, 0.5) is 0 Å². The highest BCUT2D eigenvalue weighted by molar-refractivity contribution is 5.77. The maximum absolute atomic E-state index is 12.4. The number of hydrogen-bond acceptors (Lipinski definition) is 4. The third-order valence-corrected chi connectivity index (χ3v) is 10.2. The van der Waals surface area contributed by atoms with Gasteiger partial charge in [0.2, 0.25) is 0 Å². The van der Waals surface area contributed by atoms with Crippen LogP contribution in [0, 0.1) is 40.4 Å². The summed E-state index contributed by atoms with van der Waals surface area (Å²) in [6.07, 6.45) is 13.7. The summed E-state index contributed by atoms with van der Waals surface area (Å²) in [6.45, 7) is 13.6. The van der Waals surface area contributed by atoms with Gasteiger partial charge in [-0.25, -0.2) is 0 Å². The number of hydrogen-bond donors (Lipinski definition) is 0. The number of allylic oxidation sites excluding steroid dienone is 1. The van der Waals surface area contributed by atoms with Crippen molar-refractivity contribution < 1.29 is 19.1 Å². The lowest BCUT2D eigenvalue weighted by Crippen LogP contribution is -2.50. The van der Waals surface area contributed by atoms with E-state index in [1.165, 1.54) is 44.1 Å². The molecular formula is C30H48O4. The molecule has 0 amide bonds. The zero-order valence-corrected chi connectivity index (χ0v) is 22.5. The van der Waals surface area contributed by atoms with E-state index in [1.807, 2.05) is 13.8 Å². The summed E-state index contributed by atoms with van der Waals surface area (Å²) < 4.78 is 11.0. The van der Waals surface area contributed by atoms with Crippen molar-refractivity contribution >= 4 is 11.9 Å². The molecule has 0 bridgehead atoms. The van der Waals surface area contributed by atoms with Crippen molar-refractivity contribution in [2.24, 2.45) is 40.4 Å². The standard InChI is InChI=1S/C30H48O4/c1-19(2)17-21-8-10-25-24-9-7-22-18-23(34-28(32)12-11-27(31)33-20(3)4)13-15-29(22,5)26(24)14-16-30(21,25)6/h7,19-21,23-26H,8-18H2,1-6H3/t21?,23-,24-,25-,26-,29-,30+/m0/s1. The molecule has 34 heavy (non-hydrogen) atoms. The quantitative estimate of drug-likeness (QED) is 0.289. The molecule has 4 rings (SSSR count). The zero-order valence-electron chi connectivity index (χ0n) is 22.5. The van der Waals surface area contributed by atoms with Gasteiger partial charge < -0.3 is 9.47 Å². The van der Waals surface area contributed by atoms with Gasteiger partial charge in [0.1, 0.15) is 6.10 Å². The van der Waals surface area contributed by atoms with E-state index in [0.29, 0.717) is 5.41 Å². The summed E-state index contributed by atoms with van der Waals surface area (Å²) in [4.78, 5) is 24.1. The summed E-state index contributed by atoms with van der Waals surface area (Å²) in [5, 5.41) is 0. The first-order chi connectivity index (χ1) is 16.0. The lowest BCUT2D eigenvalue weighted by atomic mass is 9.47. The smallest absolute Gasteiger partial charge is 0.306 e. The lowest BCUT2D eigenvalue weighted by molar-refractivity contribution is -0.156. The van der Waals surface area contributed by atoms with E-state index in [2.05, 4.69) is 33.8 Å². The average molecular weight is 473 g/mol. The van der Waals surface area contributed by atoms with Gasteiger partial charge in [-0.15, -0.1) is 0 Å². The number of rotatable bonds is 7. The van der Waals surface area contributed by atoms with Gasteiger partial charge in [0, 0.05) is 6.42 Å². The Morgan fingerprint density at radius 3 is 2.41 bits per heavy atom. The fourth-order valence-corrected chi connectivity index (χ4v) is 8.56. The van der Waals surface area contributed by atoms with E-state index in [0.717, 1.165) is 48.9 Å². The van der Waals surface area contributed by atoms with Gasteiger partial charge in [0.25, 0.3) is 0 Å². The fourth-order valence-electron chi connectivity index (χ4n) is 8.56. The fraction of sp³-hybridized carbons (Fsp3) is 0.867. The second-order valence-corrected chi connectivity index (χ2v) is 13.1. The van der Waals surface area contributed by atoms with Gasteiger partial charge in [-0.2, -0.15) is 0 Å². The highest BCUT2D eigenvalue weighted by Crippen LogP contribution is 2.66. The lowest BCUT2D eigenvalue weighted by Gasteiger charge is -2.58. The minimum atomic E-state index is -0.323. The topological polar surface area (TPSA) is 52.6 Å². The van der Waals surface area contributed by atoms with Gasteiger partial charge in [0.15, 0.2) is 0 Å². The zero-order chi connectivity index (χ0) is 24.7. The Bertz CT molecular complexity index is 798. The number of ether oxygens (including phenoxy) is 2. The van der Waals surface area contributed by atoms with Crippen LogP contribution in [-0.4, -0.2) is 24.1 Å². The summed E-state index contributed by atoms with van der Waals surface area (Å²) in [7, 11) is 0.